The fourth-order valence-corrected chi connectivity index (χ4v) is 2.64. The third-order valence-corrected chi connectivity index (χ3v) is 3.53. The number of hydrogen-bond acceptors (Lipinski definition) is 4. The Balaban J connectivity index is 2.10. The van der Waals surface area contributed by atoms with Crippen LogP contribution in [0.15, 0.2) is 12.1 Å². The van der Waals surface area contributed by atoms with E-state index in [0.717, 1.165) is 34.8 Å². The minimum Gasteiger partial charge on any atom is -0.486 e. The van der Waals surface area contributed by atoms with Gasteiger partial charge in [0.1, 0.15) is 19.0 Å². The highest BCUT2D eigenvalue weighted by Crippen LogP contribution is 2.35. The van der Waals surface area contributed by atoms with E-state index in [4.69, 9.17) is 19.7 Å². The van der Waals surface area contributed by atoms with Gasteiger partial charge in [-0.25, -0.2) is 4.98 Å². The maximum Gasteiger partial charge on any atom is 0.163 e. The molecule has 0 atom stereocenters. The second-order valence-corrected chi connectivity index (χ2v) is 5.67. The highest BCUT2D eigenvalue weighted by Gasteiger charge is 2.18. The molecule has 0 fully saturated rings. The quantitative estimate of drug-likeness (QED) is 0.866. The zero-order valence-corrected chi connectivity index (χ0v) is 12.4. The van der Waals surface area contributed by atoms with Crippen LogP contribution in [-0.2, 0) is 13.0 Å². The molecule has 0 spiro atoms. The van der Waals surface area contributed by atoms with Crippen molar-refractivity contribution in [2.75, 3.05) is 13.2 Å². The number of aryl methyl sites for hydroxylation is 1. The molecular weight excluding hydrogens is 266 g/mol. The number of imidazole rings is 1. The van der Waals surface area contributed by atoms with Crippen LogP contribution in [0.2, 0.25) is 0 Å². The Labute approximate surface area is 124 Å². The largest absolute Gasteiger partial charge is 0.486 e. The van der Waals surface area contributed by atoms with Crippen molar-refractivity contribution in [3.8, 4) is 17.6 Å². The average Bonchev–Trinajstić information content (AvgIpc) is 2.78. The highest BCUT2D eigenvalue weighted by atomic mass is 16.6. The summed E-state index contributed by atoms with van der Waals surface area (Å²) in [6.07, 6.45) is 1.37. The van der Waals surface area contributed by atoms with Gasteiger partial charge in [0, 0.05) is 25.1 Å². The predicted molar refractivity (Wildman–Crippen MR) is 79.5 cm³/mol. The van der Waals surface area contributed by atoms with Crippen molar-refractivity contribution in [1.29, 1.82) is 5.26 Å². The van der Waals surface area contributed by atoms with Gasteiger partial charge in [-0.1, -0.05) is 13.8 Å². The van der Waals surface area contributed by atoms with Gasteiger partial charge in [0.2, 0.25) is 0 Å². The lowest BCUT2D eigenvalue weighted by Crippen LogP contribution is -2.15. The third-order valence-electron chi connectivity index (χ3n) is 3.53. The lowest BCUT2D eigenvalue weighted by Gasteiger charge is -2.18. The van der Waals surface area contributed by atoms with Gasteiger partial charge in [0.25, 0.3) is 0 Å². The van der Waals surface area contributed by atoms with E-state index in [0.29, 0.717) is 32.1 Å². The minimum absolute atomic E-state index is 0.477. The second kappa shape index (κ2) is 5.65. The number of rotatable bonds is 4. The van der Waals surface area contributed by atoms with E-state index in [-0.39, 0.29) is 0 Å². The van der Waals surface area contributed by atoms with Crippen LogP contribution in [0.3, 0.4) is 0 Å². The monoisotopic (exact) mass is 285 g/mol. The first-order valence-electron chi connectivity index (χ1n) is 7.34. The van der Waals surface area contributed by atoms with Gasteiger partial charge >= 0.3 is 0 Å². The van der Waals surface area contributed by atoms with Crippen LogP contribution in [0.5, 0.6) is 11.5 Å². The van der Waals surface area contributed by atoms with Gasteiger partial charge in [-0.2, -0.15) is 5.26 Å². The Morgan fingerprint density at radius 3 is 2.67 bits per heavy atom. The van der Waals surface area contributed by atoms with Crippen LogP contribution < -0.4 is 9.47 Å². The van der Waals surface area contributed by atoms with E-state index in [2.05, 4.69) is 24.5 Å². The van der Waals surface area contributed by atoms with Crippen LogP contribution in [0.4, 0.5) is 0 Å². The number of benzene rings is 1. The number of ether oxygens (including phenoxy) is 2. The normalized spacial score (nSPS) is 13.6. The molecule has 5 heteroatoms. The predicted octanol–water partition coefficient (Wildman–Crippen LogP) is 2.92. The van der Waals surface area contributed by atoms with Crippen molar-refractivity contribution in [2.24, 2.45) is 5.92 Å². The molecule has 0 amide bonds. The molecule has 1 aliphatic heterocycles. The summed E-state index contributed by atoms with van der Waals surface area (Å²) in [5, 5.41) is 8.87. The smallest absolute Gasteiger partial charge is 0.163 e. The van der Waals surface area contributed by atoms with Gasteiger partial charge in [-0.15, -0.1) is 0 Å². The summed E-state index contributed by atoms with van der Waals surface area (Å²) in [4.78, 5) is 4.73. The lowest BCUT2D eigenvalue weighted by molar-refractivity contribution is 0.172. The number of fused-ring (bicyclic) bond motifs is 2. The molecule has 2 heterocycles. The summed E-state index contributed by atoms with van der Waals surface area (Å²) in [7, 11) is 0. The Kier molecular flexibility index (Phi) is 3.70. The van der Waals surface area contributed by atoms with Gasteiger partial charge in [0.05, 0.1) is 23.5 Å². The first-order valence-corrected chi connectivity index (χ1v) is 7.34. The van der Waals surface area contributed by atoms with E-state index >= 15 is 0 Å². The summed E-state index contributed by atoms with van der Waals surface area (Å²) >= 11 is 0. The molecule has 1 aliphatic rings. The van der Waals surface area contributed by atoms with Crippen molar-refractivity contribution in [1.82, 2.24) is 9.55 Å². The van der Waals surface area contributed by atoms with E-state index in [1.807, 2.05) is 12.1 Å². The van der Waals surface area contributed by atoms with Crippen LogP contribution in [0, 0.1) is 17.2 Å². The number of nitrogens with zero attached hydrogens (tertiary/aromatic N) is 3. The molecule has 0 radical (unpaired) electrons. The molecule has 0 N–H and O–H groups in total. The number of nitriles is 1. The van der Waals surface area contributed by atoms with Gasteiger partial charge in [0.15, 0.2) is 11.5 Å². The van der Waals surface area contributed by atoms with E-state index < -0.39 is 0 Å². The highest BCUT2D eigenvalue weighted by molar-refractivity contribution is 5.80. The molecule has 5 nitrogen and oxygen atoms in total. The van der Waals surface area contributed by atoms with Crippen LogP contribution in [0.1, 0.15) is 26.1 Å². The fraction of sp³-hybridized carbons (Fsp3) is 0.500. The second-order valence-electron chi connectivity index (χ2n) is 5.67. The standard InChI is InChI=1S/C16H19N3O2/c1-11(2)8-16-18-12-9-14-15(21-7-6-20-14)10-13(12)19(16)5-3-4-17/h9-11H,3,5-8H2,1-2H3. The number of hydrogen-bond donors (Lipinski definition) is 0. The zero-order valence-electron chi connectivity index (χ0n) is 12.4. The lowest BCUT2D eigenvalue weighted by atomic mass is 10.1. The summed E-state index contributed by atoms with van der Waals surface area (Å²) in [5.74, 6) is 3.07. The number of aromatic nitrogens is 2. The molecule has 1 aromatic carbocycles. The van der Waals surface area contributed by atoms with E-state index in [1.54, 1.807) is 0 Å². The van der Waals surface area contributed by atoms with Crippen molar-refractivity contribution < 1.29 is 9.47 Å². The molecule has 21 heavy (non-hydrogen) atoms. The van der Waals surface area contributed by atoms with Crippen LogP contribution in [-0.4, -0.2) is 22.8 Å². The maximum atomic E-state index is 8.87. The Bertz CT molecular complexity index is 698. The van der Waals surface area contributed by atoms with E-state index in [1.165, 1.54) is 0 Å². The van der Waals surface area contributed by atoms with Crippen LogP contribution >= 0.6 is 0 Å². The van der Waals surface area contributed by atoms with Crippen molar-refractivity contribution in [2.45, 2.75) is 33.2 Å². The Hall–Kier alpha value is -2.22. The molecule has 0 saturated heterocycles. The van der Waals surface area contributed by atoms with Gasteiger partial charge < -0.3 is 14.0 Å². The first-order chi connectivity index (χ1) is 10.2. The fourth-order valence-electron chi connectivity index (χ4n) is 2.64. The van der Waals surface area contributed by atoms with Crippen molar-refractivity contribution >= 4 is 11.0 Å². The summed E-state index contributed by atoms with van der Waals surface area (Å²) < 4.78 is 13.4. The molecule has 0 saturated carbocycles. The zero-order chi connectivity index (χ0) is 14.8. The molecule has 0 bridgehead atoms. The molecule has 0 unspecified atom stereocenters. The van der Waals surface area contributed by atoms with Crippen molar-refractivity contribution in [3.63, 3.8) is 0 Å². The topological polar surface area (TPSA) is 60.1 Å². The maximum absolute atomic E-state index is 8.87. The third kappa shape index (κ3) is 2.66. The molecule has 1 aromatic heterocycles. The molecular formula is C16H19N3O2. The minimum atomic E-state index is 0.477. The Morgan fingerprint density at radius 1 is 1.29 bits per heavy atom. The molecule has 3 rings (SSSR count). The first kappa shape index (κ1) is 13.7. The van der Waals surface area contributed by atoms with E-state index in [9.17, 15) is 0 Å². The van der Waals surface area contributed by atoms with Gasteiger partial charge in [-0.3, -0.25) is 0 Å². The molecule has 110 valence electrons. The SMILES string of the molecule is CC(C)Cc1nc2cc3c(cc2n1CCC#N)OCCO3. The van der Waals surface area contributed by atoms with Crippen LogP contribution in [0.25, 0.3) is 11.0 Å². The van der Waals surface area contributed by atoms with Gasteiger partial charge in [-0.05, 0) is 5.92 Å². The summed E-state index contributed by atoms with van der Waals surface area (Å²) in [6.45, 7) is 6.15. The Morgan fingerprint density at radius 2 is 2.00 bits per heavy atom. The summed E-state index contributed by atoms with van der Waals surface area (Å²) in [5.41, 5.74) is 1.93. The summed E-state index contributed by atoms with van der Waals surface area (Å²) in [6, 6.07) is 6.13. The average molecular weight is 285 g/mol. The molecule has 0 aliphatic carbocycles. The molecule has 2 aromatic rings. The van der Waals surface area contributed by atoms with Crippen molar-refractivity contribution in [3.05, 3.63) is 18.0 Å².